The molecule has 8 nitrogen and oxygen atoms in total. The molecule has 4 N–H and O–H groups in total. The summed E-state index contributed by atoms with van der Waals surface area (Å²) in [7, 11) is 3.41. The van der Waals surface area contributed by atoms with E-state index in [0.29, 0.717) is 23.9 Å². The van der Waals surface area contributed by atoms with Gasteiger partial charge < -0.3 is 15.5 Å². The third-order valence-corrected chi connectivity index (χ3v) is 2.50. The largest absolute Gasteiger partial charge is 0.490 e. The Hall–Kier alpha value is -2.35. The molecule has 2 aromatic rings. The molecule has 0 saturated carbocycles. The van der Waals surface area contributed by atoms with Crippen LogP contribution in [-0.4, -0.2) is 26.9 Å². The van der Waals surface area contributed by atoms with Gasteiger partial charge in [0.05, 0.1) is 19.3 Å². The molecule has 2 heterocycles. The van der Waals surface area contributed by atoms with Crippen molar-refractivity contribution in [2.24, 2.45) is 12.9 Å². The lowest BCUT2D eigenvalue weighted by Crippen LogP contribution is -2.13. The van der Waals surface area contributed by atoms with Gasteiger partial charge in [-0.3, -0.25) is 4.68 Å². The predicted octanol–water partition coefficient (Wildman–Crippen LogP) is 0.116. The predicted molar refractivity (Wildman–Crippen MR) is 66.9 cm³/mol. The number of hydrogen-bond acceptors (Lipinski definition) is 7. The van der Waals surface area contributed by atoms with Gasteiger partial charge in [0, 0.05) is 13.2 Å². The lowest BCUT2D eigenvalue weighted by molar-refractivity contribution is 0.414. The highest BCUT2D eigenvalue weighted by atomic mass is 16.5. The first kappa shape index (κ1) is 12.1. The van der Waals surface area contributed by atoms with E-state index in [2.05, 4.69) is 25.8 Å². The zero-order chi connectivity index (χ0) is 13.0. The minimum Gasteiger partial charge on any atom is -0.490 e. The Morgan fingerprint density at radius 1 is 1.39 bits per heavy atom. The molecule has 96 valence electrons. The normalized spacial score (nSPS) is 10.2. The maximum absolute atomic E-state index is 5.35. The lowest BCUT2D eigenvalue weighted by Gasteiger charge is -2.12. The number of ether oxygens (including phenoxy) is 1. The van der Waals surface area contributed by atoms with E-state index in [1.807, 2.05) is 13.1 Å². The number of aromatic nitrogens is 4. The maximum Gasteiger partial charge on any atom is 0.205 e. The van der Waals surface area contributed by atoms with E-state index < -0.39 is 0 Å². The van der Waals surface area contributed by atoms with Crippen molar-refractivity contribution in [2.45, 2.75) is 6.54 Å². The van der Waals surface area contributed by atoms with Gasteiger partial charge in [0.2, 0.25) is 5.75 Å². The van der Waals surface area contributed by atoms with Gasteiger partial charge in [-0.1, -0.05) is 0 Å². The van der Waals surface area contributed by atoms with E-state index >= 15 is 0 Å². The summed E-state index contributed by atoms with van der Waals surface area (Å²) in [6.07, 6.45) is 3.14. The Balaban J connectivity index is 2.16. The first-order chi connectivity index (χ1) is 8.76. The summed E-state index contributed by atoms with van der Waals surface area (Å²) in [5.74, 6) is 6.82. The van der Waals surface area contributed by atoms with Crippen LogP contribution in [0, 0.1) is 0 Å². The van der Waals surface area contributed by atoms with Gasteiger partial charge in [0.1, 0.15) is 6.33 Å². The Morgan fingerprint density at radius 3 is 2.78 bits per heavy atom. The Labute approximate surface area is 104 Å². The standard InChI is InChI=1S/C10H15N7O/c1-17-7(3-4-15-17)5-12-9-8(18-2)10(16-11)14-6-13-9/h3-4,6H,5,11H2,1-2H3,(H2,12,13,14,16). The monoisotopic (exact) mass is 249 g/mol. The first-order valence-corrected chi connectivity index (χ1v) is 5.32. The van der Waals surface area contributed by atoms with E-state index in [1.165, 1.54) is 13.4 Å². The van der Waals surface area contributed by atoms with Crippen molar-refractivity contribution in [1.29, 1.82) is 0 Å². The van der Waals surface area contributed by atoms with Gasteiger partial charge in [-0.25, -0.2) is 15.8 Å². The molecular weight excluding hydrogens is 234 g/mol. The zero-order valence-electron chi connectivity index (χ0n) is 10.2. The third-order valence-electron chi connectivity index (χ3n) is 2.50. The molecule has 0 aliphatic carbocycles. The van der Waals surface area contributed by atoms with E-state index in [4.69, 9.17) is 10.6 Å². The molecule has 0 fully saturated rings. The molecular formula is C10H15N7O. The Morgan fingerprint density at radius 2 is 2.17 bits per heavy atom. The molecule has 2 rings (SSSR count). The Bertz CT molecular complexity index is 525. The fraction of sp³-hybridized carbons (Fsp3) is 0.300. The van der Waals surface area contributed by atoms with Crippen LogP contribution >= 0.6 is 0 Å². The molecule has 8 heteroatoms. The van der Waals surface area contributed by atoms with Crippen molar-refractivity contribution >= 4 is 11.6 Å². The summed E-state index contributed by atoms with van der Waals surface area (Å²) in [4.78, 5) is 8.08. The molecule has 0 amide bonds. The summed E-state index contributed by atoms with van der Waals surface area (Å²) < 4.78 is 7.00. The smallest absolute Gasteiger partial charge is 0.205 e. The molecule has 18 heavy (non-hydrogen) atoms. The highest BCUT2D eigenvalue weighted by molar-refractivity contribution is 5.62. The minimum absolute atomic E-state index is 0.431. The van der Waals surface area contributed by atoms with Crippen LogP contribution in [0.5, 0.6) is 5.75 Å². The SMILES string of the molecule is COc1c(NN)ncnc1NCc1ccnn1C. The number of methoxy groups -OCH3 is 1. The Kier molecular flexibility index (Phi) is 3.58. The maximum atomic E-state index is 5.35. The van der Waals surface area contributed by atoms with Crippen LogP contribution in [0.3, 0.4) is 0 Å². The number of rotatable bonds is 5. The van der Waals surface area contributed by atoms with Crippen molar-refractivity contribution in [3.8, 4) is 5.75 Å². The fourth-order valence-corrected chi connectivity index (χ4v) is 1.54. The molecule has 0 aromatic carbocycles. The van der Waals surface area contributed by atoms with Gasteiger partial charge in [-0.15, -0.1) is 0 Å². The second kappa shape index (κ2) is 5.32. The number of aryl methyl sites for hydroxylation is 1. The van der Waals surface area contributed by atoms with Crippen molar-refractivity contribution in [1.82, 2.24) is 19.7 Å². The molecule has 2 aromatic heterocycles. The molecule has 0 saturated heterocycles. The minimum atomic E-state index is 0.431. The van der Waals surface area contributed by atoms with Crippen LogP contribution in [0.4, 0.5) is 11.6 Å². The first-order valence-electron chi connectivity index (χ1n) is 5.32. The molecule has 0 atom stereocenters. The molecule has 0 unspecified atom stereocenters. The van der Waals surface area contributed by atoms with Crippen LogP contribution in [0.15, 0.2) is 18.6 Å². The quantitative estimate of drug-likeness (QED) is 0.510. The van der Waals surface area contributed by atoms with Gasteiger partial charge in [0.15, 0.2) is 11.6 Å². The number of anilines is 2. The highest BCUT2D eigenvalue weighted by Gasteiger charge is 2.11. The summed E-state index contributed by atoms with van der Waals surface area (Å²) in [6, 6.07) is 1.92. The second-order valence-corrected chi connectivity index (χ2v) is 3.55. The molecule has 0 spiro atoms. The molecule has 0 aliphatic heterocycles. The number of nitrogens with one attached hydrogen (secondary N) is 2. The van der Waals surface area contributed by atoms with Crippen molar-refractivity contribution < 1.29 is 4.74 Å². The van der Waals surface area contributed by atoms with Crippen molar-refractivity contribution in [2.75, 3.05) is 17.9 Å². The average molecular weight is 249 g/mol. The number of nitrogens with two attached hydrogens (primary N) is 1. The molecule has 0 radical (unpaired) electrons. The summed E-state index contributed by atoms with van der Waals surface area (Å²) in [5.41, 5.74) is 3.48. The topological polar surface area (TPSA) is 103 Å². The van der Waals surface area contributed by atoms with Gasteiger partial charge >= 0.3 is 0 Å². The number of nitrogens with zero attached hydrogens (tertiary/aromatic N) is 4. The summed E-state index contributed by atoms with van der Waals surface area (Å²) >= 11 is 0. The van der Waals surface area contributed by atoms with E-state index in [9.17, 15) is 0 Å². The van der Waals surface area contributed by atoms with Crippen LogP contribution in [-0.2, 0) is 13.6 Å². The van der Waals surface area contributed by atoms with Gasteiger partial charge in [-0.05, 0) is 6.07 Å². The van der Waals surface area contributed by atoms with Crippen LogP contribution < -0.4 is 21.3 Å². The number of hydrogen-bond donors (Lipinski definition) is 3. The lowest BCUT2D eigenvalue weighted by atomic mass is 10.4. The average Bonchev–Trinajstić information content (AvgIpc) is 2.81. The highest BCUT2D eigenvalue weighted by Crippen LogP contribution is 2.28. The van der Waals surface area contributed by atoms with Gasteiger partial charge in [-0.2, -0.15) is 5.10 Å². The summed E-state index contributed by atoms with van der Waals surface area (Å²) in [5, 5.41) is 7.24. The van der Waals surface area contributed by atoms with Crippen molar-refractivity contribution in [3.05, 3.63) is 24.3 Å². The number of hydrazine groups is 1. The van der Waals surface area contributed by atoms with E-state index in [-0.39, 0.29) is 0 Å². The van der Waals surface area contributed by atoms with Crippen molar-refractivity contribution in [3.63, 3.8) is 0 Å². The van der Waals surface area contributed by atoms with Gasteiger partial charge in [0.25, 0.3) is 0 Å². The van der Waals surface area contributed by atoms with Crippen LogP contribution in [0.2, 0.25) is 0 Å². The van der Waals surface area contributed by atoms with Crippen LogP contribution in [0.1, 0.15) is 5.69 Å². The van der Waals surface area contributed by atoms with Crippen LogP contribution in [0.25, 0.3) is 0 Å². The van der Waals surface area contributed by atoms with E-state index in [1.54, 1.807) is 10.9 Å². The third kappa shape index (κ3) is 2.33. The zero-order valence-corrected chi connectivity index (χ0v) is 10.2. The molecule has 0 bridgehead atoms. The number of nitrogen functional groups attached to an aromatic ring is 1. The van der Waals surface area contributed by atoms with E-state index in [0.717, 1.165) is 5.69 Å². The second-order valence-electron chi connectivity index (χ2n) is 3.55. The molecule has 0 aliphatic rings. The summed E-state index contributed by atoms with van der Waals surface area (Å²) in [6.45, 7) is 0.577. The fourth-order valence-electron chi connectivity index (χ4n) is 1.54.